The molecule has 2 heterocycles. The van der Waals surface area contributed by atoms with Gasteiger partial charge in [-0.05, 0) is 20.8 Å². The number of rotatable bonds is 1. The van der Waals surface area contributed by atoms with Gasteiger partial charge in [-0.1, -0.05) is 15.9 Å². The fourth-order valence-corrected chi connectivity index (χ4v) is 3.18. The van der Waals surface area contributed by atoms with Gasteiger partial charge in [0, 0.05) is 17.8 Å². The molecule has 0 spiro atoms. The van der Waals surface area contributed by atoms with Crippen LogP contribution in [0.5, 0.6) is 0 Å². The number of ether oxygens (including phenoxy) is 1. The maximum absolute atomic E-state index is 12.0. The van der Waals surface area contributed by atoms with Crippen molar-refractivity contribution in [3.8, 4) is 0 Å². The van der Waals surface area contributed by atoms with E-state index in [1.807, 2.05) is 20.8 Å². The van der Waals surface area contributed by atoms with Crippen LogP contribution >= 0.6 is 27.3 Å². The van der Waals surface area contributed by atoms with Gasteiger partial charge in [-0.3, -0.25) is 0 Å². The van der Waals surface area contributed by atoms with E-state index in [1.165, 1.54) is 4.88 Å². The summed E-state index contributed by atoms with van der Waals surface area (Å²) in [5.74, 6) is 0. The zero-order valence-corrected chi connectivity index (χ0v) is 13.2. The molecule has 0 saturated heterocycles. The van der Waals surface area contributed by atoms with Crippen LogP contribution in [0.4, 0.5) is 4.79 Å². The second-order valence-electron chi connectivity index (χ2n) is 5.26. The summed E-state index contributed by atoms with van der Waals surface area (Å²) in [4.78, 5) is 19.5. The Morgan fingerprint density at radius 1 is 1.56 bits per heavy atom. The van der Waals surface area contributed by atoms with Crippen molar-refractivity contribution in [2.24, 2.45) is 0 Å². The summed E-state index contributed by atoms with van der Waals surface area (Å²) in [7, 11) is 0. The van der Waals surface area contributed by atoms with E-state index in [2.05, 4.69) is 20.9 Å². The summed E-state index contributed by atoms with van der Waals surface area (Å²) < 4.78 is 5.38. The summed E-state index contributed by atoms with van der Waals surface area (Å²) in [6.07, 6.45) is 0.626. The lowest BCUT2D eigenvalue weighted by Crippen LogP contribution is -2.39. The number of hydrogen-bond donors (Lipinski definition) is 0. The third-order valence-corrected chi connectivity index (χ3v) is 4.60. The fraction of sp³-hybridized carbons (Fsp3) is 0.667. The van der Waals surface area contributed by atoms with Gasteiger partial charge in [0.2, 0.25) is 0 Å². The van der Waals surface area contributed by atoms with Gasteiger partial charge in [-0.25, -0.2) is 9.78 Å². The molecule has 0 aliphatic carbocycles. The topological polar surface area (TPSA) is 42.4 Å². The van der Waals surface area contributed by atoms with Crippen LogP contribution in [0.15, 0.2) is 0 Å². The van der Waals surface area contributed by atoms with Gasteiger partial charge in [-0.2, -0.15) is 0 Å². The lowest BCUT2D eigenvalue weighted by Gasteiger charge is -2.29. The maximum Gasteiger partial charge on any atom is 0.410 e. The molecule has 1 aliphatic rings. The highest BCUT2D eigenvalue weighted by Gasteiger charge is 2.27. The molecule has 4 nitrogen and oxygen atoms in total. The van der Waals surface area contributed by atoms with Gasteiger partial charge in [-0.15, -0.1) is 11.3 Å². The molecule has 1 aromatic rings. The van der Waals surface area contributed by atoms with Crippen molar-refractivity contribution >= 4 is 33.4 Å². The van der Waals surface area contributed by atoms with Crippen LogP contribution in [0.1, 0.15) is 36.3 Å². The van der Waals surface area contributed by atoms with Crippen molar-refractivity contribution in [3.63, 3.8) is 0 Å². The van der Waals surface area contributed by atoms with E-state index < -0.39 is 5.60 Å². The van der Waals surface area contributed by atoms with E-state index in [0.717, 1.165) is 22.5 Å². The molecule has 0 fully saturated rings. The molecule has 0 bridgehead atoms. The summed E-state index contributed by atoms with van der Waals surface area (Å²) >= 11 is 5.14. The number of thiazole rings is 1. The largest absolute Gasteiger partial charge is 0.444 e. The van der Waals surface area contributed by atoms with Crippen LogP contribution in [0.3, 0.4) is 0 Å². The Labute approximate surface area is 119 Å². The predicted octanol–water partition coefficient (Wildman–Crippen LogP) is 3.33. The first-order valence-corrected chi connectivity index (χ1v) is 7.84. The average Bonchev–Trinajstić information content (AvgIpc) is 2.68. The molecule has 0 aromatic carbocycles. The molecule has 2 rings (SSSR count). The van der Waals surface area contributed by atoms with Crippen LogP contribution in [0.25, 0.3) is 0 Å². The fourth-order valence-electron chi connectivity index (χ4n) is 1.79. The van der Waals surface area contributed by atoms with Gasteiger partial charge in [0.25, 0.3) is 0 Å². The number of fused-ring (bicyclic) bond motifs is 1. The first kappa shape index (κ1) is 13.8. The second kappa shape index (κ2) is 5.17. The Hall–Kier alpha value is -0.620. The molecule has 1 aromatic heterocycles. The Morgan fingerprint density at radius 3 is 2.89 bits per heavy atom. The van der Waals surface area contributed by atoms with E-state index in [9.17, 15) is 4.79 Å². The number of carbonyl (C=O) groups is 1. The molecule has 0 saturated carbocycles. The summed E-state index contributed by atoms with van der Waals surface area (Å²) in [6.45, 7) is 6.92. The molecular formula is C12H17BrN2O2S. The van der Waals surface area contributed by atoms with Crippen LogP contribution < -0.4 is 0 Å². The average molecular weight is 333 g/mol. The van der Waals surface area contributed by atoms with Gasteiger partial charge in [0.05, 0.1) is 17.6 Å². The number of amides is 1. The SMILES string of the molecule is CC(C)(C)OC(=O)N1CCc2sc(CBr)nc2C1. The standard InChI is InChI=1S/C12H17BrN2O2S/c1-12(2,3)17-11(16)15-5-4-9-8(7-15)14-10(6-13)18-9/h4-7H2,1-3H3. The molecular weight excluding hydrogens is 316 g/mol. The summed E-state index contributed by atoms with van der Waals surface area (Å²) in [5, 5.41) is 1.85. The zero-order valence-electron chi connectivity index (χ0n) is 10.8. The summed E-state index contributed by atoms with van der Waals surface area (Å²) in [6, 6.07) is 0. The Balaban J connectivity index is 2.05. The lowest BCUT2D eigenvalue weighted by atomic mass is 10.2. The van der Waals surface area contributed by atoms with Crippen LogP contribution in [-0.2, 0) is 23.0 Å². The molecule has 0 N–H and O–H groups in total. The minimum absolute atomic E-state index is 0.249. The van der Waals surface area contributed by atoms with Crippen molar-refractivity contribution in [1.82, 2.24) is 9.88 Å². The van der Waals surface area contributed by atoms with Crippen LogP contribution in [0, 0.1) is 0 Å². The highest BCUT2D eigenvalue weighted by atomic mass is 79.9. The number of halogens is 1. The Morgan fingerprint density at radius 2 is 2.28 bits per heavy atom. The van der Waals surface area contributed by atoms with Crippen molar-refractivity contribution in [2.75, 3.05) is 6.54 Å². The van der Waals surface area contributed by atoms with E-state index in [4.69, 9.17) is 4.74 Å². The Kier molecular flexibility index (Phi) is 3.96. The predicted molar refractivity (Wildman–Crippen MR) is 75.1 cm³/mol. The molecule has 0 unspecified atom stereocenters. The highest BCUT2D eigenvalue weighted by molar-refractivity contribution is 9.08. The van der Waals surface area contributed by atoms with Gasteiger partial charge in [0.15, 0.2) is 0 Å². The molecule has 0 atom stereocenters. The van der Waals surface area contributed by atoms with E-state index >= 15 is 0 Å². The van der Waals surface area contributed by atoms with E-state index in [-0.39, 0.29) is 6.09 Å². The Bertz CT molecular complexity index is 453. The second-order valence-corrected chi connectivity index (χ2v) is 6.99. The number of hydrogen-bond acceptors (Lipinski definition) is 4. The molecule has 1 amide bonds. The number of nitrogens with zero attached hydrogens (tertiary/aromatic N) is 2. The van der Waals surface area contributed by atoms with Crippen LogP contribution in [-0.4, -0.2) is 28.1 Å². The maximum atomic E-state index is 12.0. The molecule has 1 aliphatic heterocycles. The zero-order chi connectivity index (χ0) is 13.3. The monoisotopic (exact) mass is 332 g/mol. The smallest absolute Gasteiger partial charge is 0.410 e. The molecule has 0 radical (unpaired) electrons. The first-order valence-electron chi connectivity index (χ1n) is 5.90. The lowest BCUT2D eigenvalue weighted by molar-refractivity contribution is 0.0222. The van der Waals surface area contributed by atoms with Gasteiger partial charge < -0.3 is 9.64 Å². The van der Waals surface area contributed by atoms with Crippen molar-refractivity contribution in [3.05, 3.63) is 15.6 Å². The summed E-state index contributed by atoms with van der Waals surface area (Å²) in [5.41, 5.74) is 0.576. The minimum Gasteiger partial charge on any atom is -0.444 e. The van der Waals surface area contributed by atoms with Crippen molar-refractivity contribution < 1.29 is 9.53 Å². The number of aromatic nitrogens is 1. The number of carbonyl (C=O) groups excluding carboxylic acids is 1. The van der Waals surface area contributed by atoms with E-state index in [1.54, 1.807) is 16.2 Å². The minimum atomic E-state index is -0.444. The van der Waals surface area contributed by atoms with Gasteiger partial charge >= 0.3 is 6.09 Å². The highest BCUT2D eigenvalue weighted by Crippen LogP contribution is 2.27. The molecule has 6 heteroatoms. The van der Waals surface area contributed by atoms with Crippen molar-refractivity contribution in [1.29, 1.82) is 0 Å². The first-order chi connectivity index (χ1) is 8.39. The normalized spacial score (nSPS) is 15.4. The van der Waals surface area contributed by atoms with Crippen LogP contribution in [0.2, 0.25) is 0 Å². The quantitative estimate of drug-likeness (QED) is 0.741. The van der Waals surface area contributed by atoms with Crippen molar-refractivity contribution in [2.45, 2.75) is 44.7 Å². The molecule has 18 heavy (non-hydrogen) atoms. The van der Waals surface area contributed by atoms with Gasteiger partial charge in [0.1, 0.15) is 10.6 Å². The van der Waals surface area contributed by atoms with E-state index in [0.29, 0.717) is 13.1 Å². The third-order valence-electron chi connectivity index (χ3n) is 2.54. The number of alkyl halides is 1. The molecule has 100 valence electrons. The third kappa shape index (κ3) is 3.23.